The molecule has 1 aromatic carbocycles. The first-order chi connectivity index (χ1) is 11.2. The van der Waals surface area contributed by atoms with Gasteiger partial charge >= 0.3 is 0 Å². The van der Waals surface area contributed by atoms with Crippen LogP contribution in [-0.2, 0) is 4.79 Å². The van der Waals surface area contributed by atoms with Crippen molar-refractivity contribution >= 4 is 5.91 Å². The summed E-state index contributed by atoms with van der Waals surface area (Å²) in [5.74, 6) is 1.77. The lowest BCUT2D eigenvalue weighted by Gasteiger charge is -2.29. The van der Waals surface area contributed by atoms with Gasteiger partial charge in [0, 0.05) is 24.5 Å². The number of hydrogen-bond donors (Lipinski definition) is 2. The summed E-state index contributed by atoms with van der Waals surface area (Å²) in [6.45, 7) is 0.553. The van der Waals surface area contributed by atoms with Gasteiger partial charge in [0.05, 0.1) is 13.7 Å². The van der Waals surface area contributed by atoms with E-state index in [0.717, 1.165) is 30.8 Å². The van der Waals surface area contributed by atoms with Crippen LogP contribution in [0.25, 0.3) is 0 Å². The number of carbonyl (C=O) groups excluding carboxylic acids is 1. The summed E-state index contributed by atoms with van der Waals surface area (Å²) in [4.78, 5) is 12.0. The Morgan fingerprint density at radius 2 is 1.83 bits per heavy atom. The largest absolute Gasteiger partial charge is 0.497 e. The molecule has 2 unspecified atom stereocenters. The lowest BCUT2D eigenvalue weighted by molar-refractivity contribution is -0.122. The first-order valence-electron chi connectivity index (χ1n) is 8.55. The Bertz CT molecular complexity index is 506. The first-order valence-corrected chi connectivity index (χ1v) is 8.55. The van der Waals surface area contributed by atoms with Crippen LogP contribution in [0.3, 0.4) is 0 Å². The molecule has 0 aliphatic carbocycles. The monoisotopic (exact) mass is 318 g/mol. The minimum absolute atomic E-state index is 0.148. The fourth-order valence-electron chi connectivity index (χ4n) is 3.57. The Morgan fingerprint density at radius 3 is 2.48 bits per heavy atom. The van der Waals surface area contributed by atoms with Crippen molar-refractivity contribution in [2.75, 3.05) is 13.7 Å². The van der Waals surface area contributed by atoms with Crippen LogP contribution < -0.4 is 20.1 Å². The topological polar surface area (TPSA) is 59.6 Å². The molecule has 2 saturated heterocycles. The van der Waals surface area contributed by atoms with Gasteiger partial charge in [-0.1, -0.05) is 0 Å². The van der Waals surface area contributed by atoms with Crippen LogP contribution in [0.15, 0.2) is 24.3 Å². The highest BCUT2D eigenvalue weighted by Gasteiger charge is 2.33. The van der Waals surface area contributed by atoms with Gasteiger partial charge in [0.2, 0.25) is 5.91 Å². The normalized spacial score (nSPS) is 25.9. The lowest BCUT2D eigenvalue weighted by Crippen LogP contribution is -2.48. The second kappa shape index (κ2) is 7.68. The SMILES string of the molecule is COc1ccc(OCCCC(=O)NC2CC3CCC(C2)N3)cc1. The third kappa shape index (κ3) is 4.61. The van der Waals surface area contributed by atoms with Crippen LogP contribution in [0.2, 0.25) is 0 Å². The quantitative estimate of drug-likeness (QED) is 0.757. The highest BCUT2D eigenvalue weighted by molar-refractivity contribution is 5.76. The van der Waals surface area contributed by atoms with Crippen LogP contribution in [0.1, 0.15) is 38.5 Å². The van der Waals surface area contributed by atoms with E-state index in [1.807, 2.05) is 24.3 Å². The van der Waals surface area contributed by atoms with Crippen molar-refractivity contribution in [2.24, 2.45) is 0 Å². The van der Waals surface area contributed by atoms with Gasteiger partial charge in [-0.3, -0.25) is 4.79 Å². The third-order valence-electron chi connectivity index (χ3n) is 4.71. The molecular formula is C18H26N2O3. The third-order valence-corrected chi connectivity index (χ3v) is 4.71. The summed E-state index contributed by atoms with van der Waals surface area (Å²) in [6.07, 6.45) is 5.92. The smallest absolute Gasteiger partial charge is 0.220 e. The first kappa shape index (κ1) is 16.1. The molecule has 2 atom stereocenters. The molecule has 23 heavy (non-hydrogen) atoms. The Labute approximate surface area is 137 Å². The van der Waals surface area contributed by atoms with E-state index < -0.39 is 0 Å². The van der Waals surface area contributed by atoms with Crippen molar-refractivity contribution in [1.82, 2.24) is 10.6 Å². The highest BCUT2D eigenvalue weighted by atomic mass is 16.5. The van der Waals surface area contributed by atoms with Gasteiger partial charge in [0.1, 0.15) is 11.5 Å². The van der Waals surface area contributed by atoms with E-state index in [0.29, 0.717) is 31.2 Å². The van der Waals surface area contributed by atoms with Gasteiger partial charge in [-0.25, -0.2) is 0 Å². The molecule has 0 radical (unpaired) electrons. The average Bonchev–Trinajstić information content (AvgIpc) is 2.91. The molecule has 1 aromatic rings. The van der Waals surface area contributed by atoms with E-state index in [2.05, 4.69) is 10.6 Å². The molecule has 2 fully saturated rings. The van der Waals surface area contributed by atoms with Crippen molar-refractivity contribution in [3.8, 4) is 11.5 Å². The summed E-state index contributed by atoms with van der Waals surface area (Å²) in [6, 6.07) is 9.06. The molecule has 2 aliphatic rings. The summed E-state index contributed by atoms with van der Waals surface area (Å²) in [7, 11) is 1.64. The maximum absolute atomic E-state index is 12.0. The summed E-state index contributed by atoms with van der Waals surface area (Å²) >= 11 is 0. The minimum Gasteiger partial charge on any atom is -0.497 e. The van der Waals surface area contributed by atoms with Crippen molar-refractivity contribution in [1.29, 1.82) is 0 Å². The summed E-state index contributed by atoms with van der Waals surface area (Å²) in [5, 5.41) is 6.77. The van der Waals surface area contributed by atoms with Gasteiger partial charge < -0.3 is 20.1 Å². The molecule has 126 valence electrons. The fraction of sp³-hybridized carbons (Fsp3) is 0.611. The van der Waals surface area contributed by atoms with E-state index in [-0.39, 0.29) is 5.91 Å². The zero-order valence-corrected chi connectivity index (χ0v) is 13.7. The number of nitrogens with one attached hydrogen (secondary N) is 2. The number of fused-ring (bicyclic) bond motifs is 2. The number of benzene rings is 1. The maximum atomic E-state index is 12.0. The van der Waals surface area contributed by atoms with Crippen molar-refractivity contribution in [2.45, 2.75) is 56.7 Å². The predicted molar refractivity (Wildman–Crippen MR) is 88.8 cm³/mol. The van der Waals surface area contributed by atoms with Crippen LogP contribution in [0.4, 0.5) is 0 Å². The zero-order valence-electron chi connectivity index (χ0n) is 13.7. The molecule has 2 N–H and O–H groups in total. The zero-order chi connectivity index (χ0) is 16.1. The van der Waals surface area contributed by atoms with Crippen molar-refractivity contribution < 1.29 is 14.3 Å². The molecule has 2 bridgehead atoms. The molecule has 0 aromatic heterocycles. The molecule has 1 amide bonds. The summed E-state index contributed by atoms with van der Waals surface area (Å²) < 4.78 is 10.7. The van der Waals surface area contributed by atoms with Crippen LogP contribution in [-0.4, -0.2) is 37.7 Å². The average molecular weight is 318 g/mol. The van der Waals surface area contributed by atoms with Crippen molar-refractivity contribution in [3.63, 3.8) is 0 Å². The van der Waals surface area contributed by atoms with E-state index in [1.165, 1.54) is 12.8 Å². The lowest BCUT2D eigenvalue weighted by atomic mass is 9.99. The molecule has 5 heteroatoms. The second-order valence-corrected chi connectivity index (χ2v) is 6.50. The Kier molecular flexibility index (Phi) is 5.39. The van der Waals surface area contributed by atoms with Gasteiger partial charge in [0.15, 0.2) is 0 Å². The number of piperidine rings is 1. The summed E-state index contributed by atoms with van der Waals surface area (Å²) in [5.41, 5.74) is 0. The Morgan fingerprint density at radius 1 is 1.17 bits per heavy atom. The number of methoxy groups -OCH3 is 1. The van der Waals surface area contributed by atoms with Crippen molar-refractivity contribution in [3.05, 3.63) is 24.3 Å². The molecular weight excluding hydrogens is 292 g/mol. The van der Waals surface area contributed by atoms with Gasteiger partial charge in [-0.15, -0.1) is 0 Å². The van der Waals surface area contributed by atoms with Gasteiger partial charge in [-0.2, -0.15) is 0 Å². The molecule has 2 heterocycles. The molecule has 5 nitrogen and oxygen atoms in total. The highest BCUT2D eigenvalue weighted by Crippen LogP contribution is 2.26. The molecule has 3 rings (SSSR count). The van der Waals surface area contributed by atoms with E-state index in [9.17, 15) is 4.79 Å². The number of carbonyl (C=O) groups is 1. The van der Waals surface area contributed by atoms with E-state index in [4.69, 9.17) is 9.47 Å². The van der Waals surface area contributed by atoms with Gasteiger partial charge in [0.25, 0.3) is 0 Å². The van der Waals surface area contributed by atoms with E-state index >= 15 is 0 Å². The minimum atomic E-state index is 0.148. The second-order valence-electron chi connectivity index (χ2n) is 6.50. The number of rotatable bonds is 7. The maximum Gasteiger partial charge on any atom is 0.220 e. The van der Waals surface area contributed by atoms with Gasteiger partial charge in [-0.05, 0) is 56.4 Å². The standard InChI is InChI=1S/C18H26N2O3/c1-22-16-6-8-17(9-7-16)23-10-2-3-18(21)20-15-11-13-4-5-14(12-15)19-13/h6-9,13-15,19H,2-5,10-12H2,1H3,(H,20,21). The Balaban J connectivity index is 1.31. The van der Waals surface area contributed by atoms with E-state index in [1.54, 1.807) is 7.11 Å². The molecule has 0 spiro atoms. The predicted octanol–water partition coefficient (Wildman–Crippen LogP) is 2.25. The van der Waals surface area contributed by atoms with Crippen LogP contribution in [0.5, 0.6) is 11.5 Å². The molecule has 2 aliphatic heterocycles. The number of amides is 1. The van der Waals surface area contributed by atoms with Crippen LogP contribution in [0, 0.1) is 0 Å². The number of ether oxygens (including phenoxy) is 2. The van der Waals surface area contributed by atoms with Crippen LogP contribution >= 0.6 is 0 Å². The molecule has 0 saturated carbocycles. The number of hydrogen-bond acceptors (Lipinski definition) is 4. The fourth-order valence-corrected chi connectivity index (χ4v) is 3.57. The Hall–Kier alpha value is -1.75.